The van der Waals surface area contributed by atoms with Crippen molar-refractivity contribution < 1.29 is 4.39 Å². The van der Waals surface area contributed by atoms with Crippen LogP contribution < -0.4 is 0 Å². The molecule has 94 valence electrons. The van der Waals surface area contributed by atoms with Crippen molar-refractivity contribution in [3.8, 4) is 0 Å². The molecular formula is C14H10BrCl2F. The number of rotatable bonds is 2. The Bertz CT molecular complexity index is 584. The molecule has 1 unspecified atom stereocenters. The van der Waals surface area contributed by atoms with Crippen molar-refractivity contribution >= 4 is 39.1 Å². The maximum absolute atomic E-state index is 13.2. The Morgan fingerprint density at radius 3 is 2.50 bits per heavy atom. The van der Waals surface area contributed by atoms with E-state index in [0.29, 0.717) is 10.6 Å². The van der Waals surface area contributed by atoms with Crippen LogP contribution in [-0.2, 0) is 0 Å². The van der Waals surface area contributed by atoms with Crippen LogP contribution in [0.3, 0.4) is 0 Å². The monoisotopic (exact) mass is 346 g/mol. The Balaban J connectivity index is 2.41. The Kier molecular flexibility index (Phi) is 4.31. The summed E-state index contributed by atoms with van der Waals surface area (Å²) in [5.41, 5.74) is 2.22. The van der Waals surface area contributed by atoms with Gasteiger partial charge in [-0.3, -0.25) is 0 Å². The maximum atomic E-state index is 13.2. The van der Waals surface area contributed by atoms with Crippen LogP contribution in [0.15, 0.2) is 40.9 Å². The van der Waals surface area contributed by atoms with Gasteiger partial charge in [-0.25, -0.2) is 4.39 Å². The lowest BCUT2D eigenvalue weighted by molar-refractivity contribution is 0.617. The van der Waals surface area contributed by atoms with Crippen molar-refractivity contribution in [2.45, 2.75) is 12.3 Å². The number of hydrogen-bond acceptors (Lipinski definition) is 0. The number of hydrogen-bond donors (Lipinski definition) is 0. The van der Waals surface area contributed by atoms with Crippen molar-refractivity contribution in [1.82, 2.24) is 0 Å². The first-order valence-electron chi connectivity index (χ1n) is 5.34. The van der Waals surface area contributed by atoms with Gasteiger partial charge in [-0.2, -0.15) is 0 Å². The van der Waals surface area contributed by atoms with Crippen molar-refractivity contribution in [2.24, 2.45) is 0 Å². The van der Waals surface area contributed by atoms with E-state index in [1.54, 1.807) is 25.1 Å². The van der Waals surface area contributed by atoms with Crippen LogP contribution in [0, 0.1) is 12.7 Å². The lowest BCUT2D eigenvalue weighted by Gasteiger charge is -2.13. The molecule has 18 heavy (non-hydrogen) atoms. The minimum Gasteiger partial charge on any atom is -0.207 e. The van der Waals surface area contributed by atoms with E-state index >= 15 is 0 Å². The van der Waals surface area contributed by atoms with Gasteiger partial charge in [-0.15, -0.1) is 11.6 Å². The van der Waals surface area contributed by atoms with Gasteiger partial charge in [0.1, 0.15) is 5.82 Å². The van der Waals surface area contributed by atoms with E-state index in [4.69, 9.17) is 23.2 Å². The first-order chi connectivity index (χ1) is 8.49. The molecular weight excluding hydrogens is 338 g/mol. The second-order valence-electron chi connectivity index (χ2n) is 4.04. The Hall–Kier alpha value is -0.570. The third kappa shape index (κ3) is 2.87. The quantitative estimate of drug-likeness (QED) is 0.595. The molecule has 0 N–H and O–H groups in total. The van der Waals surface area contributed by atoms with E-state index in [9.17, 15) is 4.39 Å². The summed E-state index contributed by atoms with van der Waals surface area (Å²) in [7, 11) is 0. The van der Waals surface area contributed by atoms with E-state index < -0.39 is 0 Å². The van der Waals surface area contributed by atoms with Crippen LogP contribution in [0.5, 0.6) is 0 Å². The zero-order valence-electron chi connectivity index (χ0n) is 9.55. The summed E-state index contributed by atoms with van der Waals surface area (Å²) < 4.78 is 14.1. The fourth-order valence-electron chi connectivity index (χ4n) is 1.71. The average molecular weight is 348 g/mol. The summed E-state index contributed by atoms with van der Waals surface area (Å²) >= 11 is 15.9. The fraction of sp³-hybridized carbons (Fsp3) is 0.143. The van der Waals surface area contributed by atoms with Crippen molar-refractivity contribution in [1.29, 1.82) is 0 Å². The number of halogens is 4. The molecule has 0 spiro atoms. The third-order valence-corrected chi connectivity index (χ3v) is 4.02. The molecule has 1 atom stereocenters. The van der Waals surface area contributed by atoms with Crippen LogP contribution in [0.4, 0.5) is 4.39 Å². The van der Waals surface area contributed by atoms with Gasteiger partial charge < -0.3 is 0 Å². The molecule has 2 aromatic carbocycles. The van der Waals surface area contributed by atoms with Crippen molar-refractivity contribution in [3.63, 3.8) is 0 Å². The molecule has 0 saturated carbocycles. The van der Waals surface area contributed by atoms with E-state index in [1.165, 1.54) is 6.07 Å². The highest BCUT2D eigenvalue weighted by Crippen LogP contribution is 2.35. The van der Waals surface area contributed by atoms with Crippen LogP contribution in [0.1, 0.15) is 22.1 Å². The lowest BCUT2D eigenvalue weighted by Crippen LogP contribution is -1.96. The first-order valence-corrected chi connectivity index (χ1v) is 6.95. The zero-order chi connectivity index (χ0) is 13.3. The van der Waals surface area contributed by atoms with Gasteiger partial charge in [0, 0.05) is 9.50 Å². The molecule has 0 heterocycles. The molecule has 0 bridgehead atoms. The minimum atomic E-state index is -0.384. The van der Waals surface area contributed by atoms with Crippen LogP contribution in [0.25, 0.3) is 0 Å². The number of aryl methyl sites for hydroxylation is 1. The largest absolute Gasteiger partial charge is 0.207 e. The highest BCUT2D eigenvalue weighted by Gasteiger charge is 2.15. The molecule has 0 aromatic heterocycles. The van der Waals surface area contributed by atoms with Gasteiger partial charge >= 0.3 is 0 Å². The van der Waals surface area contributed by atoms with Crippen LogP contribution >= 0.6 is 39.1 Å². The predicted molar refractivity (Wildman–Crippen MR) is 78.0 cm³/mol. The van der Waals surface area contributed by atoms with E-state index in [-0.39, 0.29) is 11.2 Å². The summed E-state index contributed by atoms with van der Waals surface area (Å²) in [6.45, 7) is 1.71. The molecule has 2 rings (SSSR count). The number of benzene rings is 2. The smallest absolute Gasteiger partial charge is 0.126 e. The molecule has 0 aliphatic heterocycles. The molecule has 0 radical (unpaired) electrons. The van der Waals surface area contributed by atoms with E-state index in [1.807, 2.05) is 12.1 Å². The average Bonchev–Trinajstić information content (AvgIpc) is 2.32. The van der Waals surface area contributed by atoms with Gasteiger partial charge in [0.05, 0.1) is 5.38 Å². The topological polar surface area (TPSA) is 0 Å². The maximum Gasteiger partial charge on any atom is 0.126 e. The molecule has 4 heteroatoms. The fourth-order valence-corrected chi connectivity index (χ4v) is 2.88. The predicted octanol–water partition coefficient (Wildman–Crippen LogP) is 5.88. The highest BCUT2D eigenvalue weighted by molar-refractivity contribution is 9.10. The Morgan fingerprint density at radius 1 is 1.17 bits per heavy atom. The first kappa shape index (κ1) is 13.9. The summed E-state index contributed by atoms with van der Waals surface area (Å²) in [6, 6.07) is 10.4. The highest BCUT2D eigenvalue weighted by atomic mass is 79.9. The lowest BCUT2D eigenvalue weighted by atomic mass is 10.0. The van der Waals surface area contributed by atoms with E-state index in [0.717, 1.165) is 15.6 Å². The second kappa shape index (κ2) is 5.60. The van der Waals surface area contributed by atoms with Crippen LogP contribution in [0.2, 0.25) is 5.02 Å². The summed E-state index contributed by atoms with van der Waals surface area (Å²) in [5, 5.41) is 0.205. The van der Waals surface area contributed by atoms with Gasteiger partial charge in [0.15, 0.2) is 0 Å². The molecule has 0 saturated heterocycles. The molecule has 0 aliphatic carbocycles. The third-order valence-electron chi connectivity index (χ3n) is 2.71. The minimum absolute atomic E-state index is 0.232. The Labute approximate surface area is 124 Å². The summed E-state index contributed by atoms with van der Waals surface area (Å²) in [5.74, 6) is -0.232. The second-order valence-corrected chi connectivity index (χ2v) is 5.80. The SMILES string of the molecule is Cc1cc(C(Cl)c2ccc(Br)cc2Cl)ccc1F. The van der Waals surface area contributed by atoms with Crippen molar-refractivity contribution in [2.75, 3.05) is 0 Å². The van der Waals surface area contributed by atoms with Crippen molar-refractivity contribution in [3.05, 3.63) is 68.4 Å². The van der Waals surface area contributed by atoms with Crippen LogP contribution in [-0.4, -0.2) is 0 Å². The zero-order valence-corrected chi connectivity index (χ0v) is 12.7. The number of alkyl halides is 1. The molecule has 0 fully saturated rings. The van der Waals surface area contributed by atoms with Gasteiger partial charge in [-0.1, -0.05) is 45.7 Å². The van der Waals surface area contributed by atoms with Gasteiger partial charge in [-0.05, 0) is 41.8 Å². The standard InChI is InChI=1S/C14H10BrCl2F/c1-8-6-9(2-5-13(8)18)14(17)11-4-3-10(15)7-12(11)16/h2-7,14H,1H3. The summed E-state index contributed by atoms with van der Waals surface area (Å²) in [4.78, 5) is 0. The molecule has 0 amide bonds. The summed E-state index contributed by atoms with van der Waals surface area (Å²) in [6.07, 6.45) is 0. The molecule has 0 aliphatic rings. The van der Waals surface area contributed by atoms with E-state index in [2.05, 4.69) is 15.9 Å². The van der Waals surface area contributed by atoms with Gasteiger partial charge in [0.25, 0.3) is 0 Å². The normalized spacial score (nSPS) is 12.5. The molecule has 2 aromatic rings. The molecule has 0 nitrogen and oxygen atoms in total. The Morgan fingerprint density at radius 2 is 1.89 bits per heavy atom. The van der Waals surface area contributed by atoms with Gasteiger partial charge in [0.2, 0.25) is 0 Å².